The van der Waals surface area contributed by atoms with Crippen LogP contribution in [0, 0.1) is 6.92 Å². The highest BCUT2D eigenvalue weighted by molar-refractivity contribution is 6.30. The van der Waals surface area contributed by atoms with Gasteiger partial charge in [0.05, 0.1) is 11.4 Å². The van der Waals surface area contributed by atoms with Gasteiger partial charge in [-0.05, 0) is 48.0 Å². The van der Waals surface area contributed by atoms with Crippen molar-refractivity contribution in [3.63, 3.8) is 0 Å². The van der Waals surface area contributed by atoms with E-state index in [4.69, 9.17) is 11.6 Å². The van der Waals surface area contributed by atoms with Gasteiger partial charge in [0, 0.05) is 29.6 Å². The van der Waals surface area contributed by atoms with Gasteiger partial charge in [-0.15, -0.1) is 0 Å². The molecular weight excluding hydrogens is 412 g/mol. The van der Waals surface area contributed by atoms with Crippen LogP contribution in [0.4, 0.5) is 5.82 Å². The Hall–Kier alpha value is -3.64. The highest BCUT2D eigenvalue weighted by Gasteiger charge is 2.12. The Bertz CT molecular complexity index is 1270. The lowest BCUT2D eigenvalue weighted by Crippen LogP contribution is -2.28. The quantitative estimate of drug-likeness (QED) is 0.461. The molecule has 0 saturated heterocycles. The molecule has 4 aromatic rings. The average Bonchev–Trinajstić information content (AvgIpc) is 3.13. The zero-order valence-corrected chi connectivity index (χ0v) is 17.7. The summed E-state index contributed by atoms with van der Waals surface area (Å²) in [5, 5.41) is 12.7. The lowest BCUT2D eigenvalue weighted by Gasteiger charge is -2.10. The summed E-state index contributed by atoms with van der Waals surface area (Å²) in [5.74, 6) is 0.117. The number of nitrogens with one attached hydrogen (secondary N) is 2. The lowest BCUT2D eigenvalue weighted by atomic mass is 10.1. The van der Waals surface area contributed by atoms with Crippen LogP contribution in [0.2, 0.25) is 5.02 Å². The van der Waals surface area contributed by atoms with Gasteiger partial charge in [0.1, 0.15) is 5.82 Å². The van der Waals surface area contributed by atoms with Gasteiger partial charge in [-0.25, -0.2) is 4.68 Å². The fourth-order valence-corrected chi connectivity index (χ4v) is 3.51. The van der Waals surface area contributed by atoms with Crippen molar-refractivity contribution in [3.05, 3.63) is 89.1 Å². The smallest absolute Gasteiger partial charge is 0.251 e. The second-order valence-corrected chi connectivity index (χ2v) is 7.62. The predicted molar refractivity (Wildman–Crippen MR) is 123 cm³/mol. The first kappa shape index (κ1) is 20.6. The molecule has 0 aliphatic heterocycles. The topological polar surface area (TPSA) is 76.0 Å². The molecule has 0 saturated carbocycles. The van der Waals surface area contributed by atoms with Crippen LogP contribution in [0.1, 0.15) is 22.5 Å². The molecule has 156 valence electrons. The van der Waals surface area contributed by atoms with Crippen molar-refractivity contribution in [2.45, 2.75) is 13.3 Å². The first-order valence-corrected chi connectivity index (χ1v) is 10.3. The van der Waals surface area contributed by atoms with Crippen molar-refractivity contribution >= 4 is 40.0 Å². The van der Waals surface area contributed by atoms with E-state index < -0.39 is 0 Å². The molecule has 1 aromatic heterocycles. The molecule has 0 spiro atoms. The van der Waals surface area contributed by atoms with Crippen LogP contribution in [0.3, 0.4) is 0 Å². The SMILES string of the molecule is Cc1cc(NC(=O)CCNC(=O)c2ccc3ccccc3c2)n(-c2cccc(Cl)c2)n1. The largest absolute Gasteiger partial charge is 0.352 e. The van der Waals surface area contributed by atoms with E-state index in [1.807, 2.05) is 55.5 Å². The van der Waals surface area contributed by atoms with Crippen molar-refractivity contribution in [1.29, 1.82) is 0 Å². The molecule has 31 heavy (non-hydrogen) atoms. The number of hydrogen-bond donors (Lipinski definition) is 2. The maximum atomic E-state index is 12.4. The van der Waals surface area contributed by atoms with Gasteiger partial charge >= 0.3 is 0 Å². The number of hydrogen-bond acceptors (Lipinski definition) is 3. The Kier molecular flexibility index (Phi) is 6.00. The number of carbonyl (C=O) groups is 2. The second kappa shape index (κ2) is 9.02. The molecule has 0 atom stereocenters. The molecule has 0 aliphatic rings. The number of anilines is 1. The monoisotopic (exact) mass is 432 g/mol. The first-order chi connectivity index (χ1) is 15.0. The fourth-order valence-electron chi connectivity index (χ4n) is 3.32. The Morgan fingerprint density at radius 2 is 1.77 bits per heavy atom. The zero-order valence-electron chi connectivity index (χ0n) is 16.9. The maximum absolute atomic E-state index is 12.4. The Balaban J connectivity index is 1.36. The van der Waals surface area contributed by atoms with Gasteiger partial charge < -0.3 is 10.6 Å². The van der Waals surface area contributed by atoms with E-state index in [2.05, 4.69) is 15.7 Å². The summed E-state index contributed by atoms with van der Waals surface area (Å²) in [7, 11) is 0. The molecule has 0 aliphatic carbocycles. The minimum atomic E-state index is -0.220. The third-order valence-electron chi connectivity index (χ3n) is 4.80. The summed E-state index contributed by atoms with van der Waals surface area (Å²) in [6, 6.07) is 22.4. The maximum Gasteiger partial charge on any atom is 0.251 e. The van der Waals surface area contributed by atoms with Crippen molar-refractivity contribution in [3.8, 4) is 5.69 Å². The third kappa shape index (κ3) is 4.92. The van der Waals surface area contributed by atoms with E-state index in [1.165, 1.54) is 0 Å². The normalized spacial score (nSPS) is 10.8. The van der Waals surface area contributed by atoms with Crippen LogP contribution in [-0.2, 0) is 4.79 Å². The number of rotatable bonds is 6. The van der Waals surface area contributed by atoms with Gasteiger partial charge in [-0.3, -0.25) is 9.59 Å². The van der Waals surface area contributed by atoms with Crippen LogP contribution in [0.5, 0.6) is 0 Å². The van der Waals surface area contributed by atoms with Crippen LogP contribution >= 0.6 is 11.6 Å². The molecule has 6 nitrogen and oxygen atoms in total. The fraction of sp³-hybridized carbons (Fsp3) is 0.125. The van der Waals surface area contributed by atoms with Gasteiger partial charge in [-0.2, -0.15) is 5.10 Å². The molecule has 7 heteroatoms. The molecule has 2 amide bonds. The molecule has 2 N–H and O–H groups in total. The molecule has 0 bridgehead atoms. The van der Waals surface area contributed by atoms with E-state index in [1.54, 1.807) is 28.9 Å². The van der Waals surface area contributed by atoms with E-state index in [0.29, 0.717) is 16.4 Å². The van der Waals surface area contributed by atoms with Crippen molar-refractivity contribution in [2.75, 3.05) is 11.9 Å². The van der Waals surface area contributed by atoms with Gasteiger partial charge in [0.2, 0.25) is 5.91 Å². The Morgan fingerprint density at radius 3 is 2.58 bits per heavy atom. The van der Waals surface area contributed by atoms with E-state index in [0.717, 1.165) is 22.2 Å². The van der Waals surface area contributed by atoms with E-state index in [9.17, 15) is 9.59 Å². The summed E-state index contributed by atoms with van der Waals surface area (Å²) in [6.07, 6.45) is 0.138. The Morgan fingerprint density at radius 1 is 0.968 bits per heavy atom. The number of nitrogens with zero attached hydrogens (tertiary/aromatic N) is 2. The highest BCUT2D eigenvalue weighted by Crippen LogP contribution is 2.20. The van der Waals surface area contributed by atoms with Gasteiger partial charge in [0.15, 0.2) is 0 Å². The van der Waals surface area contributed by atoms with Crippen LogP contribution in [0.15, 0.2) is 72.8 Å². The summed E-state index contributed by atoms with van der Waals surface area (Å²) in [5.41, 5.74) is 2.08. The van der Waals surface area contributed by atoms with Crippen LogP contribution < -0.4 is 10.6 Å². The van der Waals surface area contributed by atoms with Gasteiger partial charge in [-0.1, -0.05) is 48.0 Å². The predicted octanol–water partition coefficient (Wildman–Crippen LogP) is 4.75. The zero-order chi connectivity index (χ0) is 21.8. The molecule has 0 unspecified atom stereocenters. The number of carbonyl (C=O) groups excluding carboxylic acids is 2. The second-order valence-electron chi connectivity index (χ2n) is 7.18. The van der Waals surface area contributed by atoms with Crippen LogP contribution in [0.25, 0.3) is 16.5 Å². The van der Waals surface area contributed by atoms with E-state index >= 15 is 0 Å². The molecule has 3 aromatic carbocycles. The molecular formula is C24H21ClN4O2. The third-order valence-corrected chi connectivity index (χ3v) is 5.04. The minimum Gasteiger partial charge on any atom is -0.352 e. The number of halogens is 1. The molecule has 0 fully saturated rings. The summed E-state index contributed by atoms with van der Waals surface area (Å²) in [6.45, 7) is 2.07. The Labute approximate surface area is 184 Å². The van der Waals surface area contributed by atoms with Crippen molar-refractivity contribution in [2.24, 2.45) is 0 Å². The molecule has 0 radical (unpaired) electrons. The van der Waals surface area contributed by atoms with Crippen molar-refractivity contribution in [1.82, 2.24) is 15.1 Å². The molecule has 1 heterocycles. The average molecular weight is 433 g/mol. The number of fused-ring (bicyclic) bond motifs is 1. The summed E-state index contributed by atoms with van der Waals surface area (Å²) < 4.78 is 1.63. The summed E-state index contributed by atoms with van der Waals surface area (Å²) in [4.78, 5) is 24.9. The number of benzene rings is 3. The molecule has 4 rings (SSSR count). The van der Waals surface area contributed by atoms with Crippen LogP contribution in [-0.4, -0.2) is 28.1 Å². The number of aryl methyl sites for hydroxylation is 1. The first-order valence-electron chi connectivity index (χ1n) is 9.89. The van der Waals surface area contributed by atoms with Gasteiger partial charge in [0.25, 0.3) is 5.91 Å². The standard InChI is InChI=1S/C24H21ClN4O2/c1-16-13-22(29(28-16)21-8-4-7-20(25)15-21)27-23(30)11-12-26-24(31)19-10-9-17-5-2-3-6-18(17)14-19/h2-10,13-15H,11-12H2,1H3,(H,26,31)(H,27,30). The minimum absolute atomic E-state index is 0.138. The van der Waals surface area contributed by atoms with Crippen molar-refractivity contribution < 1.29 is 9.59 Å². The summed E-state index contributed by atoms with van der Waals surface area (Å²) >= 11 is 6.07. The van der Waals surface area contributed by atoms with E-state index in [-0.39, 0.29) is 24.8 Å². The number of amides is 2. The number of aromatic nitrogens is 2. The lowest BCUT2D eigenvalue weighted by molar-refractivity contribution is -0.116. The highest BCUT2D eigenvalue weighted by atomic mass is 35.5.